The van der Waals surface area contributed by atoms with E-state index in [0.29, 0.717) is 0 Å². The van der Waals surface area contributed by atoms with Crippen LogP contribution in [0.2, 0.25) is 0 Å². The van der Waals surface area contributed by atoms with Crippen LogP contribution in [0.4, 0.5) is 5.69 Å². The van der Waals surface area contributed by atoms with Crippen molar-refractivity contribution >= 4 is 56.9 Å². The van der Waals surface area contributed by atoms with Crippen molar-refractivity contribution < 1.29 is 22.6 Å². The molecule has 0 bridgehead atoms. The third-order valence-corrected chi connectivity index (χ3v) is 4.24. The number of rotatable bonds is 1. The van der Waals surface area contributed by atoms with E-state index in [1.54, 1.807) is 0 Å². The first kappa shape index (κ1) is 16.9. The second-order valence-corrected chi connectivity index (χ2v) is 5.97. The molecule has 0 aromatic heterocycles. The second kappa shape index (κ2) is 5.60. The molecule has 0 saturated heterocycles. The van der Waals surface area contributed by atoms with Gasteiger partial charge < -0.3 is 5.73 Å². The van der Waals surface area contributed by atoms with Gasteiger partial charge in [-0.25, -0.2) is 0 Å². The van der Waals surface area contributed by atoms with Gasteiger partial charge in [-0.05, 0) is 12.1 Å². The Hall–Kier alpha value is -1.51. The monoisotopic (exact) mass is 327 g/mol. The molecule has 3 N–H and O–H groups in total. The number of nitrogens with two attached hydrogens (primary N) is 1. The molecule has 3 rings (SSSR count). The molecule has 0 saturated carbocycles. The molecule has 2 aromatic rings. The van der Waals surface area contributed by atoms with Gasteiger partial charge in [0.2, 0.25) is 0 Å². The van der Waals surface area contributed by atoms with E-state index in [1.807, 2.05) is 0 Å². The van der Waals surface area contributed by atoms with E-state index in [1.165, 1.54) is 30.3 Å². The Bertz CT molecular complexity index is 921. The number of anilines is 1. The molecule has 6 nitrogen and oxygen atoms in total. The van der Waals surface area contributed by atoms with Crippen LogP contribution >= 0.6 is 0 Å². The standard InChI is InChI=1S/C14H9NO5S.Na.H/c15-9-5-1-3-7-11(9)13(16)8-4-2-6-10(21(18,19)20)12(8)14(7)17;;/h1-6H,15H2,(H,18,19,20);;. The van der Waals surface area contributed by atoms with Crippen molar-refractivity contribution in [2.24, 2.45) is 0 Å². The Morgan fingerprint density at radius 2 is 1.36 bits per heavy atom. The fourth-order valence-corrected chi connectivity index (χ4v) is 3.16. The molecule has 108 valence electrons. The molecular formula is C14H10NNaO5S. The number of benzene rings is 2. The molecule has 0 aliphatic heterocycles. The van der Waals surface area contributed by atoms with E-state index in [4.69, 9.17) is 5.73 Å². The van der Waals surface area contributed by atoms with Crippen molar-refractivity contribution in [1.82, 2.24) is 0 Å². The van der Waals surface area contributed by atoms with Crippen molar-refractivity contribution in [3.8, 4) is 0 Å². The van der Waals surface area contributed by atoms with Gasteiger partial charge in [0.05, 0.1) is 11.1 Å². The fraction of sp³-hybridized carbons (Fsp3) is 0. The molecule has 0 atom stereocenters. The molecule has 0 heterocycles. The summed E-state index contributed by atoms with van der Waals surface area (Å²) >= 11 is 0. The van der Waals surface area contributed by atoms with Crippen molar-refractivity contribution in [3.05, 3.63) is 58.7 Å². The van der Waals surface area contributed by atoms with E-state index in [2.05, 4.69) is 0 Å². The molecular weight excluding hydrogens is 317 g/mol. The topological polar surface area (TPSA) is 115 Å². The second-order valence-electron chi connectivity index (χ2n) is 4.58. The van der Waals surface area contributed by atoms with E-state index in [0.717, 1.165) is 6.07 Å². The SMILES string of the molecule is Nc1cccc2c1C(=O)c1cccc(S(=O)(=O)O)c1C2=O.[NaH]. The fourth-order valence-electron chi connectivity index (χ4n) is 2.45. The average Bonchev–Trinajstić information content (AvgIpc) is 2.43. The Kier molecular flexibility index (Phi) is 4.29. The molecule has 0 radical (unpaired) electrons. The molecule has 0 unspecified atom stereocenters. The number of hydrogen-bond donors (Lipinski definition) is 2. The minimum absolute atomic E-state index is 0. The third kappa shape index (κ3) is 2.41. The summed E-state index contributed by atoms with van der Waals surface area (Å²) in [5, 5.41) is 0. The Morgan fingerprint density at radius 1 is 0.864 bits per heavy atom. The van der Waals surface area contributed by atoms with Crippen molar-refractivity contribution in [3.63, 3.8) is 0 Å². The van der Waals surface area contributed by atoms with Crippen LogP contribution in [0, 0.1) is 0 Å². The van der Waals surface area contributed by atoms with Gasteiger partial charge in [-0.3, -0.25) is 14.1 Å². The Balaban J connectivity index is 0.00000176. The third-order valence-electron chi connectivity index (χ3n) is 3.34. The van der Waals surface area contributed by atoms with Crippen molar-refractivity contribution in [2.45, 2.75) is 4.90 Å². The average molecular weight is 327 g/mol. The van der Waals surface area contributed by atoms with Gasteiger partial charge in [-0.15, -0.1) is 0 Å². The summed E-state index contributed by atoms with van der Waals surface area (Å²) in [7, 11) is -4.62. The van der Waals surface area contributed by atoms with Gasteiger partial charge in [0.15, 0.2) is 11.6 Å². The van der Waals surface area contributed by atoms with Crippen molar-refractivity contribution in [2.75, 3.05) is 5.73 Å². The van der Waals surface area contributed by atoms with Crippen molar-refractivity contribution in [1.29, 1.82) is 0 Å². The molecule has 1 aliphatic rings. The van der Waals surface area contributed by atoms with Crippen LogP contribution in [-0.4, -0.2) is 54.1 Å². The first-order chi connectivity index (χ1) is 9.82. The van der Waals surface area contributed by atoms with Gasteiger partial charge in [0, 0.05) is 16.8 Å². The first-order valence-corrected chi connectivity index (χ1v) is 7.35. The Labute approximate surface area is 148 Å². The summed E-state index contributed by atoms with van der Waals surface area (Å²) in [4.78, 5) is 24.4. The summed E-state index contributed by atoms with van der Waals surface area (Å²) in [6.07, 6.45) is 0. The van der Waals surface area contributed by atoms with Gasteiger partial charge >= 0.3 is 29.6 Å². The maximum atomic E-state index is 12.5. The van der Waals surface area contributed by atoms with Crippen LogP contribution < -0.4 is 5.73 Å². The maximum absolute atomic E-state index is 12.5. The molecule has 0 amide bonds. The van der Waals surface area contributed by atoms with E-state index in [9.17, 15) is 22.6 Å². The zero-order chi connectivity index (χ0) is 15.4. The Morgan fingerprint density at radius 3 is 1.95 bits per heavy atom. The first-order valence-electron chi connectivity index (χ1n) is 5.90. The summed E-state index contributed by atoms with van der Waals surface area (Å²) in [6.45, 7) is 0. The van der Waals surface area contributed by atoms with Crippen LogP contribution in [0.3, 0.4) is 0 Å². The van der Waals surface area contributed by atoms with E-state index in [-0.39, 0.29) is 57.5 Å². The summed E-state index contributed by atoms with van der Waals surface area (Å²) < 4.78 is 32.0. The van der Waals surface area contributed by atoms with Crippen LogP contribution in [0.1, 0.15) is 31.8 Å². The zero-order valence-corrected chi connectivity index (χ0v) is 11.3. The molecule has 1 aliphatic carbocycles. The normalized spacial score (nSPS) is 13.1. The quantitative estimate of drug-likeness (QED) is 0.385. The summed E-state index contributed by atoms with van der Waals surface area (Å²) in [5.74, 6) is -1.19. The summed E-state index contributed by atoms with van der Waals surface area (Å²) in [5.41, 5.74) is 5.57. The number of hydrogen-bond acceptors (Lipinski definition) is 5. The predicted octanol–water partition coefficient (Wildman–Crippen LogP) is 0.642. The molecule has 0 fully saturated rings. The van der Waals surface area contributed by atoms with Crippen LogP contribution in [0.15, 0.2) is 41.3 Å². The van der Waals surface area contributed by atoms with E-state index >= 15 is 0 Å². The van der Waals surface area contributed by atoms with Gasteiger partial charge in [-0.2, -0.15) is 8.42 Å². The number of carbonyl (C=O) groups excluding carboxylic acids is 2. The number of ketones is 2. The molecule has 22 heavy (non-hydrogen) atoms. The van der Waals surface area contributed by atoms with Gasteiger partial charge in [0.1, 0.15) is 4.90 Å². The van der Waals surface area contributed by atoms with Crippen LogP contribution in [-0.2, 0) is 10.1 Å². The van der Waals surface area contributed by atoms with E-state index < -0.39 is 26.6 Å². The molecule has 8 heteroatoms. The van der Waals surface area contributed by atoms with Crippen LogP contribution in [0.5, 0.6) is 0 Å². The van der Waals surface area contributed by atoms with Gasteiger partial charge in [-0.1, -0.05) is 24.3 Å². The number of nitrogen functional groups attached to an aromatic ring is 1. The zero-order valence-electron chi connectivity index (χ0n) is 10.5. The number of carbonyl (C=O) groups is 2. The van der Waals surface area contributed by atoms with Crippen LogP contribution in [0.25, 0.3) is 0 Å². The molecule has 2 aromatic carbocycles. The minimum atomic E-state index is -4.62. The van der Waals surface area contributed by atoms with Gasteiger partial charge in [0.25, 0.3) is 10.1 Å². The number of fused-ring (bicyclic) bond motifs is 2. The molecule has 0 spiro atoms. The summed E-state index contributed by atoms with van der Waals surface area (Å²) in [6, 6.07) is 8.09. The predicted molar refractivity (Wildman–Crippen MR) is 81.1 cm³/mol.